The van der Waals surface area contributed by atoms with Crippen molar-refractivity contribution in [1.29, 1.82) is 0 Å². The zero-order chi connectivity index (χ0) is 9.26. The van der Waals surface area contributed by atoms with Gasteiger partial charge in [0.25, 0.3) is 0 Å². The van der Waals surface area contributed by atoms with E-state index in [4.69, 9.17) is 4.74 Å². The third kappa shape index (κ3) is 1.94. The third-order valence-corrected chi connectivity index (χ3v) is 2.50. The summed E-state index contributed by atoms with van der Waals surface area (Å²) in [5.41, 5.74) is 1.04. The molecule has 1 aliphatic carbocycles. The van der Waals surface area contributed by atoms with Gasteiger partial charge in [0.1, 0.15) is 11.5 Å². The number of aromatic hydroxyl groups is 1. The maximum absolute atomic E-state index is 9.62. The summed E-state index contributed by atoms with van der Waals surface area (Å²) in [5, 5.41) is 9.62. The molecule has 0 spiro atoms. The van der Waals surface area contributed by atoms with Crippen LogP contribution in [0.25, 0.3) is 0 Å². The smallest absolute Gasteiger partial charge is 0.122 e. The quantitative estimate of drug-likeness (QED) is 0.769. The fourth-order valence-corrected chi connectivity index (χ4v) is 1.48. The molecule has 1 saturated carbocycles. The molecule has 0 unspecified atom stereocenters. The van der Waals surface area contributed by atoms with Crippen molar-refractivity contribution < 1.29 is 9.84 Å². The Morgan fingerprint density at radius 2 is 2.23 bits per heavy atom. The molecular weight excluding hydrogens is 164 g/mol. The second-order valence-corrected chi connectivity index (χ2v) is 3.64. The Bertz CT molecular complexity index is 303. The van der Waals surface area contributed by atoms with Crippen LogP contribution >= 0.6 is 0 Å². The molecule has 0 heterocycles. The van der Waals surface area contributed by atoms with E-state index in [1.54, 1.807) is 13.2 Å². The number of hydrogen-bond acceptors (Lipinski definition) is 2. The van der Waals surface area contributed by atoms with Crippen LogP contribution in [0.4, 0.5) is 0 Å². The van der Waals surface area contributed by atoms with Crippen LogP contribution in [0.5, 0.6) is 11.5 Å². The van der Waals surface area contributed by atoms with Gasteiger partial charge in [0.2, 0.25) is 0 Å². The first-order valence-electron chi connectivity index (χ1n) is 4.65. The Morgan fingerprint density at radius 3 is 2.77 bits per heavy atom. The fraction of sp³-hybridized carbons (Fsp3) is 0.455. The van der Waals surface area contributed by atoms with Crippen molar-refractivity contribution in [2.24, 2.45) is 5.92 Å². The second-order valence-electron chi connectivity index (χ2n) is 3.64. The van der Waals surface area contributed by atoms with E-state index in [2.05, 4.69) is 0 Å². The number of methoxy groups -OCH3 is 1. The van der Waals surface area contributed by atoms with Gasteiger partial charge < -0.3 is 9.84 Å². The Morgan fingerprint density at radius 1 is 1.46 bits per heavy atom. The molecule has 0 aliphatic heterocycles. The minimum Gasteiger partial charge on any atom is -0.508 e. The lowest BCUT2D eigenvalue weighted by Crippen LogP contribution is -1.89. The van der Waals surface area contributed by atoms with Gasteiger partial charge in [-0.25, -0.2) is 0 Å². The molecule has 2 nitrogen and oxygen atoms in total. The number of rotatable bonds is 3. The van der Waals surface area contributed by atoms with Crippen LogP contribution in [-0.4, -0.2) is 12.2 Å². The highest BCUT2D eigenvalue weighted by Crippen LogP contribution is 2.35. The van der Waals surface area contributed by atoms with Crippen LogP contribution in [-0.2, 0) is 6.42 Å². The van der Waals surface area contributed by atoms with Crippen LogP contribution in [0.2, 0.25) is 0 Å². The van der Waals surface area contributed by atoms with Gasteiger partial charge in [0, 0.05) is 6.07 Å². The highest BCUT2D eigenvalue weighted by atomic mass is 16.5. The Labute approximate surface area is 78.2 Å². The number of benzene rings is 1. The van der Waals surface area contributed by atoms with Gasteiger partial charge in [0.15, 0.2) is 0 Å². The molecule has 1 aromatic carbocycles. The van der Waals surface area contributed by atoms with Gasteiger partial charge in [-0.2, -0.15) is 0 Å². The van der Waals surface area contributed by atoms with Crippen molar-refractivity contribution in [2.45, 2.75) is 19.3 Å². The molecule has 2 rings (SSSR count). The van der Waals surface area contributed by atoms with Crippen LogP contribution in [0.1, 0.15) is 18.4 Å². The maximum atomic E-state index is 9.62. The minimum atomic E-state index is 0.367. The molecule has 0 radical (unpaired) electrons. The predicted molar refractivity (Wildman–Crippen MR) is 51.1 cm³/mol. The van der Waals surface area contributed by atoms with E-state index in [0.29, 0.717) is 5.75 Å². The van der Waals surface area contributed by atoms with Gasteiger partial charge >= 0.3 is 0 Å². The lowest BCUT2D eigenvalue weighted by atomic mass is 10.1. The molecular formula is C11H14O2. The number of phenolic OH excluding ortho intramolecular Hbond substituents is 1. The zero-order valence-corrected chi connectivity index (χ0v) is 7.79. The van der Waals surface area contributed by atoms with Crippen molar-refractivity contribution in [3.05, 3.63) is 23.8 Å². The second kappa shape index (κ2) is 3.29. The molecule has 0 saturated heterocycles. The average molecular weight is 178 g/mol. The SMILES string of the molecule is COc1ccc(CC2CC2)c(O)c1. The molecule has 0 bridgehead atoms. The standard InChI is InChI=1S/C11H14O2/c1-13-10-5-4-9(11(12)7-10)6-8-2-3-8/h4-5,7-8,12H,2-3,6H2,1H3. The van der Waals surface area contributed by atoms with Crippen molar-refractivity contribution in [1.82, 2.24) is 0 Å². The van der Waals surface area contributed by atoms with Crippen LogP contribution in [0.15, 0.2) is 18.2 Å². The van der Waals surface area contributed by atoms with Gasteiger partial charge in [-0.05, 0) is 36.8 Å². The van der Waals surface area contributed by atoms with E-state index in [1.165, 1.54) is 12.8 Å². The van der Waals surface area contributed by atoms with Crippen molar-refractivity contribution in [3.63, 3.8) is 0 Å². The molecule has 1 fully saturated rings. The van der Waals surface area contributed by atoms with Crippen molar-refractivity contribution in [3.8, 4) is 11.5 Å². The van der Waals surface area contributed by atoms with E-state index in [9.17, 15) is 5.11 Å². The van der Waals surface area contributed by atoms with Gasteiger partial charge in [0.05, 0.1) is 7.11 Å². The summed E-state index contributed by atoms with van der Waals surface area (Å²) in [7, 11) is 1.61. The Kier molecular flexibility index (Phi) is 2.13. The van der Waals surface area contributed by atoms with E-state index >= 15 is 0 Å². The Balaban J connectivity index is 2.15. The van der Waals surface area contributed by atoms with E-state index < -0.39 is 0 Å². The lowest BCUT2D eigenvalue weighted by molar-refractivity contribution is 0.406. The normalized spacial score (nSPS) is 15.8. The molecule has 13 heavy (non-hydrogen) atoms. The first-order chi connectivity index (χ1) is 6.29. The largest absolute Gasteiger partial charge is 0.508 e. The average Bonchev–Trinajstić information content (AvgIpc) is 2.92. The van der Waals surface area contributed by atoms with Crippen LogP contribution in [0.3, 0.4) is 0 Å². The van der Waals surface area contributed by atoms with Crippen LogP contribution in [0, 0.1) is 5.92 Å². The number of hydrogen-bond donors (Lipinski definition) is 1. The molecule has 1 N–H and O–H groups in total. The summed E-state index contributed by atoms with van der Waals surface area (Å²) in [6.45, 7) is 0. The molecule has 0 amide bonds. The van der Waals surface area contributed by atoms with E-state index in [-0.39, 0.29) is 0 Å². The van der Waals surface area contributed by atoms with Crippen molar-refractivity contribution in [2.75, 3.05) is 7.11 Å². The zero-order valence-electron chi connectivity index (χ0n) is 7.79. The summed E-state index contributed by atoms with van der Waals surface area (Å²) in [4.78, 5) is 0. The molecule has 0 aromatic heterocycles. The third-order valence-electron chi connectivity index (χ3n) is 2.50. The maximum Gasteiger partial charge on any atom is 0.122 e. The minimum absolute atomic E-state index is 0.367. The van der Waals surface area contributed by atoms with Gasteiger partial charge in [-0.15, -0.1) is 0 Å². The molecule has 1 aromatic rings. The summed E-state index contributed by atoms with van der Waals surface area (Å²) in [6, 6.07) is 5.53. The molecule has 1 aliphatic rings. The first-order valence-corrected chi connectivity index (χ1v) is 4.65. The monoisotopic (exact) mass is 178 g/mol. The van der Waals surface area contributed by atoms with E-state index in [1.807, 2.05) is 12.1 Å². The lowest BCUT2D eigenvalue weighted by Gasteiger charge is -2.05. The highest BCUT2D eigenvalue weighted by Gasteiger charge is 2.22. The summed E-state index contributed by atoms with van der Waals surface area (Å²) in [5.74, 6) is 1.89. The van der Waals surface area contributed by atoms with E-state index in [0.717, 1.165) is 23.7 Å². The van der Waals surface area contributed by atoms with Crippen molar-refractivity contribution >= 4 is 0 Å². The molecule has 70 valence electrons. The highest BCUT2D eigenvalue weighted by molar-refractivity contribution is 5.40. The number of phenols is 1. The van der Waals surface area contributed by atoms with Gasteiger partial charge in [-0.3, -0.25) is 0 Å². The summed E-state index contributed by atoms with van der Waals surface area (Å²) < 4.78 is 5.01. The summed E-state index contributed by atoms with van der Waals surface area (Å²) in [6.07, 6.45) is 3.63. The fourth-order valence-electron chi connectivity index (χ4n) is 1.48. The number of ether oxygens (including phenoxy) is 1. The topological polar surface area (TPSA) is 29.5 Å². The predicted octanol–water partition coefficient (Wildman–Crippen LogP) is 2.35. The van der Waals surface area contributed by atoms with Crippen LogP contribution < -0.4 is 4.74 Å². The first kappa shape index (κ1) is 8.42. The molecule has 2 heteroatoms. The molecule has 0 atom stereocenters. The summed E-state index contributed by atoms with van der Waals surface area (Å²) >= 11 is 0. The van der Waals surface area contributed by atoms with Gasteiger partial charge in [-0.1, -0.05) is 6.07 Å². The Hall–Kier alpha value is -1.18.